The summed E-state index contributed by atoms with van der Waals surface area (Å²) in [7, 11) is 0. The number of thioether (sulfide) groups is 1. The third kappa shape index (κ3) is 2.51. The van der Waals surface area contributed by atoms with E-state index in [0.29, 0.717) is 5.92 Å². The van der Waals surface area contributed by atoms with Gasteiger partial charge in [-0.3, -0.25) is 0 Å². The lowest BCUT2D eigenvalue weighted by Gasteiger charge is -2.22. The molecule has 0 spiro atoms. The van der Waals surface area contributed by atoms with E-state index in [4.69, 9.17) is 4.74 Å². The number of anilines is 1. The van der Waals surface area contributed by atoms with E-state index < -0.39 is 0 Å². The van der Waals surface area contributed by atoms with Crippen molar-refractivity contribution in [3.8, 4) is 5.75 Å². The minimum Gasteiger partial charge on any atom is -0.491 e. The van der Waals surface area contributed by atoms with Crippen LogP contribution in [0.3, 0.4) is 0 Å². The summed E-state index contributed by atoms with van der Waals surface area (Å²) in [5.41, 5.74) is 4.04. The number of ether oxygens (including phenoxy) is 1. The van der Waals surface area contributed by atoms with E-state index in [1.807, 2.05) is 11.8 Å². The molecule has 2 aliphatic rings. The fourth-order valence-corrected chi connectivity index (χ4v) is 4.39. The maximum absolute atomic E-state index is 6.17. The highest BCUT2D eigenvalue weighted by atomic mass is 32.2. The van der Waals surface area contributed by atoms with Crippen molar-refractivity contribution in [3.63, 3.8) is 0 Å². The average Bonchev–Trinajstić information content (AvgIpc) is 2.96. The highest BCUT2D eigenvalue weighted by Crippen LogP contribution is 2.40. The van der Waals surface area contributed by atoms with E-state index in [1.54, 1.807) is 0 Å². The molecule has 0 amide bonds. The molecule has 2 nitrogen and oxygen atoms in total. The highest BCUT2D eigenvalue weighted by Gasteiger charge is 2.24. The molecule has 0 bridgehead atoms. The molecule has 1 N–H and O–H groups in total. The van der Waals surface area contributed by atoms with Crippen LogP contribution in [0, 0.1) is 0 Å². The number of benzene rings is 2. The van der Waals surface area contributed by atoms with Crippen molar-refractivity contribution < 1.29 is 4.74 Å². The van der Waals surface area contributed by atoms with Gasteiger partial charge in [-0.1, -0.05) is 30.3 Å². The zero-order valence-corrected chi connectivity index (χ0v) is 12.8. The van der Waals surface area contributed by atoms with Gasteiger partial charge < -0.3 is 10.1 Å². The Bertz CT molecular complexity index is 655. The van der Waals surface area contributed by atoms with Crippen molar-refractivity contribution in [2.45, 2.75) is 23.7 Å². The zero-order chi connectivity index (χ0) is 14.1. The second kappa shape index (κ2) is 5.64. The molecule has 1 atom stereocenters. The molecule has 0 fully saturated rings. The fourth-order valence-electron chi connectivity index (χ4n) is 3.16. The Hall–Kier alpha value is -1.61. The molecule has 108 valence electrons. The molecule has 2 aromatic rings. The largest absolute Gasteiger partial charge is 0.491 e. The smallest absolute Gasteiger partial charge is 0.142 e. The molecule has 0 aromatic heterocycles. The van der Waals surface area contributed by atoms with Crippen molar-refractivity contribution in [2.75, 3.05) is 24.2 Å². The molecule has 2 aromatic carbocycles. The summed E-state index contributed by atoms with van der Waals surface area (Å²) in [6.07, 6.45) is 2.37. The molecule has 0 radical (unpaired) electrons. The third-order valence-corrected chi connectivity index (χ3v) is 5.53. The average molecular weight is 297 g/mol. The van der Waals surface area contributed by atoms with Gasteiger partial charge in [0.15, 0.2) is 0 Å². The number of aryl methyl sites for hydroxylation is 1. The fraction of sp³-hybridized carbons (Fsp3) is 0.333. The number of fused-ring (bicyclic) bond motifs is 2. The first-order chi connectivity index (χ1) is 10.4. The number of nitrogens with one attached hydrogen (secondary N) is 1. The summed E-state index contributed by atoms with van der Waals surface area (Å²) in [5, 5.41) is 3.50. The summed E-state index contributed by atoms with van der Waals surface area (Å²) < 4.78 is 6.17. The van der Waals surface area contributed by atoms with Crippen molar-refractivity contribution in [1.82, 2.24) is 0 Å². The lowest BCUT2D eigenvalue weighted by molar-refractivity contribution is 0.299. The molecule has 0 aliphatic carbocycles. The molecule has 4 rings (SSSR count). The molecular weight excluding hydrogens is 278 g/mol. The van der Waals surface area contributed by atoms with Gasteiger partial charge in [0, 0.05) is 23.1 Å². The van der Waals surface area contributed by atoms with Crippen LogP contribution >= 0.6 is 11.8 Å². The summed E-state index contributed by atoms with van der Waals surface area (Å²) in [4.78, 5) is 1.42. The van der Waals surface area contributed by atoms with E-state index in [1.165, 1.54) is 28.1 Å². The topological polar surface area (TPSA) is 21.3 Å². The SMILES string of the molecule is c1cc2c(c(OCC3CSc4ccccc43)c1)NCCC2. The van der Waals surface area contributed by atoms with E-state index in [2.05, 4.69) is 47.8 Å². The summed E-state index contributed by atoms with van der Waals surface area (Å²) in [6, 6.07) is 15.1. The van der Waals surface area contributed by atoms with E-state index in [9.17, 15) is 0 Å². The van der Waals surface area contributed by atoms with Crippen LogP contribution in [-0.2, 0) is 6.42 Å². The molecular formula is C18H19NOS. The first-order valence-corrected chi connectivity index (χ1v) is 8.60. The van der Waals surface area contributed by atoms with E-state index in [0.717, 1.165) is 31.1 Å². The Morgan fingerprint density at radius 2 is 2.10 bits per heavy atom. The van der Waals surface area contributed by atoms with Crippen LogP contribution in [0.4, 0.5) is 5.69 Å². The van der Waals surface area contributed by atoms with Crippen LogP contribution in [0.1, 0.15) is 23.5 Å². The number of rotatable bonds is 3. The normalized spacial score (nSPS) is 19.5. The Balaban J connectivity index is 1.51. The minimum absolute atomic E-state index is 0.505. The predicted molar refractivity (Wildman–Crippen MR) is 88.7 cm³/mol. The molecule has 3 heteroatoms. The summed E-state index contributed by atoms with van der Waals surface area (Å²) in [6.45, 7) is 1.82. The molecule has 2 aliphatic heterocycles. The Labute approximate surface area is 129 Å². The van der Waals surface area contributed by atoms with E-state index >= 15 is 0 Å². The zero-order valence-electron chi connectivity index (χ0n) is 12.0. The number of hydrogen-bond donors (Lipinski definition) is 1. The molecule has 21 heavy (non-hydrogen) atoms. The summed E-state index contributed by atoms with van der Waals surface area (Å²) in [5.74, 6) is 2.65. The van der Waals surface area contributed by atoms with Crippen LogP contribution in [0.15, 0.2) is 47.4 Å². The van der Waals surface area contributed by atoms with Gasteiger partial charge in [-0.2, -0.15) is 0 Å². The standard InChI is InChI=1S/C18H19NOS/c1-2-9-17-15(7-1)14(12-21-17)11-20-16-8-3-5-13-6-4-10-19-18(13)16/h1-3,5,7-9,14,19H,4,6,10-12H2. The van der Waals surface area contributed by atoms with Gasteiger partial charge in [0.2, 0.25) is 0 Å². The lowest BCUT2D eigenvalue weighted by Crippen LogP contribution is -2.15. The minimum atomic E-state index is 0.505. The van der Waals surface area contributed by atoms with Gasteiger partial charge in [0.1, 0.15) is 5.75 Å². The molecule has 0 saturated heterocycles. The molecule has 2 heterocycles. The molecule has 0 saturated carbocycles. The summed E-state index contributed by atoms with van der Waals surface area (Å²) >= 11 is 1.94. The van der Waals surface area contributed by atoms with Gasteiger partial charge in [0.05, 0.1) is 12.3 Å². The van der Waals surface area contributed by atoms with Crippen molar-refractivity contribution in [1.29, 1.82) is 0 Å². The van der Waals surface area contributed by atoms with Crippen LogP contribution in [0.2, 0.25) is 0 Å². The van der Waals surface area contributed by atoms with Gasteiger partial charge in [0.25, 0.3) is 0 Å². The van der Waals surface area contributed by atoms with Crippen LogP contribution in [-0.4, -0.2) is 18.9 Å². The molecule has 1 unspecified atom stereocenters. The first kappa shape index (κ1) is 13.1. The third-order valence-electron chi connectivity index (χ3n) is 4.28. The maximum atomic E-state index is 6.17. The highest BCUT2D eigenvalue weighted by molar-refractivity contribution is 7.99. The maximum Gasteiger partial charge on any atom is 0.142 e. The lowest BCUT2D eigenvalue weighted by atomic mass is 10.0. The Kier molecular flexibility index (Phi) is 3.52. The van der Waals surface area contributed by atoms with Crippen LogP contribution in [0.25, 0.3) is 0 Å². The monoisotopic (exact) mass is 297 g/mol. The quantitative estimate of drug-likeness (QED) is 0.912. The van der Waals surface area contributed by atoms with E-state index in [-0.39, 0.29) is 0 Å². The van der Waals surface area contributed by atoms with Crippen molar-refractivity contribution >= 4 is 17.4 Å². The predicted octanol–water partition coefficient (Wildman–Crippen LogP) is 4.31. The van der Waals surface area contributed by atoms with Gasteiger partial charge in [-0.15, -0.1) is 11.8 Å². The number of hydrogen-bond acceptors (Lipinski definition) is 3. The first-order valence-electron chi connectivity index (χ1n) is 7.62. The second-order valence-corrected chi connectivity index (χ2v) is 6.74. The van der Waals surface area contributed by atoms with Crippen molar-refractivity contribution in [2.24, 2.45) is 0 Å². The van der Waals surface area contributed by atoms with Gasteiger partial charge in [-0.25, -0.2) is 0 Å². The Morgan fingerprint density at radius 3 is 3.10 bits per heavy atom. The van der Waals surface area contributed by atoms with Gasteiger partial charge in [-0.05, 0) is 36.1 Å². The second-order valence-electron chi connectivity index (χ2n) is 5.68. The van der Waals surface area contributed by atoms with Crippen LogP contribution in [0.5, 0.6) is 5.75 Å². The Morgan fingerprint density at radius 1 is 1.14 bits per heavy atom. The number of para-hydroxylation sites is 1. The van der Waals surface area contributed by atoms with Crippen LogP contribution < -0.4 is 10.1 Å². The van der Waals surface area contributed by atoms with Crippen molar-refractivity contribution in [3.05, 3.63) is 53.6 Å². The van der Waals surface area contributed by atoms with Gasteiger partial charge >= 0.3 is 0 Å².